The smallest absolute Gasteiger partial charge is 0.0847 e. The third-order valence-electron chi connectivity index (χ3n) is 1.69. The van der Waals surface area contributed by atoms with Crippen LogP contribution in [0, 0.1) is 0 Å². The highest BCUT2D eigenvalue weighted by atomic mass is 79.9. The Labute approximate surface area is 109 Å². The third-order valence-corrected chi connectivity index (χ3v) is 3.62. The predicted molar refractivity (Wildman–Crippen MR) is 66.6 cm³/mol. The van der Waals surface area contributed by atoms with E-state index in [1.807, 2.05) is 0 Å². The Morgan fingerprint density at radius 2 is 1.73 bits per heavy atom. The molecule has 0 fully saturated rings. The molecule has 0 aliphatic heterocycles. The van der Waals surface area contributed by atoms with Gasteiger partial charge in [-0.25, -0.2) is 0 Å². The van der Waals surface area contributed by atoms with Crippen molar-refractivity contribution in [2.45, 2.75) is 10.9 Å². The summed E-state index contributed by atoms with van der Waals surface area (Å²) in [6.07, 6.45) is -0.0739. The largest absolute Gasteiger partial charge is 0.382 e. The number of rotatable bonds is 10. The second-order valence-corrected chi connectivity index (χ2v) is 4.63. The molecule has 0 radical (unpaired) electrons. The number of hydrogen-bond donors (Lipinski definition) is 0. The maximum atomic E-state index is 5.73. The molecule has 15 heavy (non-hydrogen) atoms. The van der Waals surface area contributed by atoms with Gasteiger partial charge in [-0.3, -0.25) is 0 Å². The maximum absolute atomic E-state index is 5.73. The van der Waals surface area contributed by atoms with E-state index in [1.54, 1.807) is 7.11 Å². The van der Waals surface area contributed by atoms with Crippen LogP contribution in [0.4, 0.5) is 0 Å². The first kappa shape index (κ1) is 15.9. The minimum atomic E-state index is -0.0739. The van der Waals surface area contributed by atoms with Crippen molar-refractivity contribution >= 4 is 39.1 Å². The van der Waals surface area contributed by atoms with E-state index in [4.69, 9.17) is 37.4 Å². The summed E-state index contributed by atoms with van der Waals surface area (Å²) in [5.74, 6) is 0.891. The molecular formula is C9H17BrCl2O3. The number of ether oxygens (including phenoxy) is 3. The molecule has 0 heterocycles. The second-order valence-electron chi connectivity index (χ2n) is 2.84. The minimum absolute atomic E-state index is 0.0739. The molecule has 0 saturated heterocycles. The van der Waals surface area contributed by atoms with Gasteiger partial charge >= 0.3 is 0 Å². The first-order valence-corrected chi connectivity index (χ1v) is 6.69. The van der Waals surface area contributed by atoms with Crippen LogP contribution >= 0.6 is 39.1 Å². The van der Waals surface area contributed by atoms with E-state index in [1.165, 1.54) is 0 Å². The summed E-state index contributed by atoms with van der Waals surface area (Å²) in [4.78, 5) is 0.0793. The molecule has 3 nitrogen and oxygen atoms in total. The first-order chi connectivity index (χ1) is 7.26. The summed E-state index contributed by atoms with van der Waals surface area (Å²) in [6.45, 7) is 2.24. The zero-order valence-electron chi connectivity index (χ0n) is 8.76. The Balaban J connectivity index is 3.38. The standard InChI is InChI=1S/C9H17BrCl2O3/c1-13-2-3-14-4-5-15-9(7-12)8(10)6-11/h8-9H,2-7H2,1H3. The molecule has 0 aliphatic rings. The lowest BCUT2D eigenvalue weighted by Crippen LogP contribution is -2.29. The molecule has 0 saturated carbocycles. The van der Waals surface area contributed by atoms with Crippen LogP contribution in [0.15, 0.2) is 0 Å². The molecule has 0 amide bonds. The number of hydrogen-bond acceptors (Lipinski definition) is 3. The van der Waals surface area contributed by atoms with Crippen LogP contribution in [0.3, 0.4) is 0 Å². The lowest BCUT2D eigenvalue weighted by Gasteiger charge is -2.18. The Morgan fingerprint density at radius 3 is 2.27 bits per heavy atom. The van der Waals surface area contributed by atoms with Gasteiger partial charge in [0.05, 0.1) is 37.4 Å². The van der Waals surface area contributed by atoms with Gasteiger partial charge in [0.25, 0.3) is 0 Å². The van der Waals surface area contributed by atoms with Crippen molar-refractivity contribution in [2.75, 3.05) is 45.3 Å². The zero-order chi connectivity index (χ0) is 11.5. The molecule has 0 aromatic rings. The molecule has 0 aromatic heterocycles. The van der Waals surface area contributed by atoms with E-state index < -0.39 is 0 Å². The monoisotopic (exact) mass is 322 g/mol. The Bertz CT molecular complexity index is 141. The average Bonchev–Trinajstić information content (AvgIpc) is 2.27. The topological polar surface area (TPSA) is 27.7 Å². The number of alkyl halides is 3. The van der Waals surface area contributed by atoms with Crippen molar-refractivity contribution in [1.29, 1.82) is 0 Å². The van der Waals surface area contributed by atoms with Crippen molar-refractivity contribution in [2.24, 2.45) is 0 Å². The van der Waals surface area contributed by atoms with E-state index in [-0.39, 0.29) is 10.9 Å². The van der Waals surface area contributed by atoms with Gasteiger partial charge in [0.2, 0.25) is 0 Å². The molecule has 92 valence electrons. The van der Waals surface area contributed by atoms with Crippen LogP contribution in [0.25, 0.3) is 0 Å². The van der Waals surface area contributed by atoms with Gasteiger partial charge in [0.15, 0.2) is 0 Å². The van der Waals surface area contributed by atoms with Crippen molar-refractivity contribution in [3.05, 3.63) is 0 Å². The fourth-order valence-electron chi connectivity index (χ4n) is 0.848. The Kier molecular flexibility index (Phi) is 12.1. The lowest BCUT2D eigenvalue weighted by atomic mass is 10.3. The highest BCUT2D eigenvalue weighted by Crippen LogP contribution is 2.12. The SMILES string of the molecule is COCCOCCOC(CCl)C(Br)CCl. The molecular weight excluding hydrogens is 307 g/mol. The van der Waals surface area contributed by atoms with Gasteiger partial charge < -0.3 is 14.2 Å². The molecule has 0 rings (SSSR count). The molecule has 0 aromatic carbocycles. The maximum Gasteiger partial charge on any atom is 0.0847 e. The van der Waals surface area contributed by atoms with Gasteiger partial charge in [-0.1, -0.05) is 15.9 Å². The summed E-state index contributed by atoms with van der Waals surface area (Å²) >= 11 is 14.8. The summed E-state index contributed by atoms with van der Waals surface area (Å²) in [5, 5.41) is 0. The van der Waals surface area contributed by atoms with Gasteiger partial charge in [0.1, 0.15) is 0 Å². The summed E-state index contributed by atoms with van der Waals surface area (Å²) < 4.78 is 15.6. The normalized spacial score (nSPS) is 15.2. The first-order valence-electron chi connectivity index (χ1n) is 4.70. The highest BCUT2D eigenvalue weighted by molar-refractivity contribution is 9.09. The average molecular weight is 324 g/mol. The van der Waals surface area contributed by atoms with Crippen LogP contribution in [-0.4, -0.2) is 56.2 Å². The molecule has 0 aliphatic carbocycles. The predicted octanol–water partition coefficient (Wildman–Crippen LogP) is 2.28. The Hall–Kier alpha value is 0.940. The van der Waals surface area contributed by atoms with E-state index in [2.05, 4.69) is 15.9 Å². The quantitative estimate of drug-likeness (QED) is 0.456. The van der Waals surface area contributed by atoms with Crippen molar-refractivity contribution in [3.63, 3.8) is 0 Å². The molecule has 0 spiro atoms. The van der Waals surface area contributed by atoms with Gasteiger partial charge in [0, 0.05) is 18.9 Å². The number of methoxy groups -OCH3 is 1. The van der Waals surface area contributed by atoms with Crippen molar-refractivity contribution < 1.29 is 14.2 Å². The van der Waals surface area contributed by atoms with E-state index in [9.17, 15) is 0 Å². The van der Waals surface area contributed by atoms with E-state index >= 15 is 0 Å². The van der Waals surface area contributed by atoms with Gasteiger partial charge in [-0.2, -0.15) is 0 Å². The van der Waals surface area contributed by atoms with Crippen LogP contribution in [-0.2, 0) is 14.2 Å². The fraction of sp³-hybridized carbons (Fsp3) is 1.00. The lowest BCUT2D eigenvalue weighted by molar-refractivity contribution is 0.00217. The van der Waals surface area contributed by atoms with Crippen LogP contribution < -0.4 is 0 Å². The third kappa shape index (κ3) is 8.72. The highest BCUT2D eigenvalue weighted by Gasteiger charge is 2.17. The molecule has 2 atom stereocenters. The summed E-state index contributed by atoms with van der Waals surface area (Å²) in [7, 11) is 1.64. The second kappa shape index (κ2) is 11.4. The Morgan fingerprint density at radius 1 is 1.07 bits per heavy atom. The van der Waals surface area contributed by atoms with Crippen LogP contribution in [0.5, 0.6) is 0 Å². The molecule has 0 N–H and O–H groups in total. The van der Waals surface area contributed by atoms with E-state index in [0.717, 1.165) is 0 Å². The zero-order valence-corrected chi connectivity index (χ0v) is 11.9. The van der Waals surface area contributed by atoms with Crippen molar-refractivity contribution in [3.8, 4) is 0 Å². The van der Waals surface area contributed by atoms with Gasteiger partial charge in [-0.15, -0.1) is 23.2 Å². The fourth-order valence-corrected chi connectivity index (χ4v) is 1.91. The van der Waals surface area contributed by atoms with E-state index in [0.29, 0.717) is 38.2 Å². The van der Waals surface area contributed by atoms with Crippen LogP contribution in [0.2, 0.25) is 0 Å². The molecule has 2 unspecified atom stereocenters. The van der Waals surface area contributed by atoms with Crippen molar-refractivity contribution in [1.82, 2.24) is 0 Å². The van der Waals surface area contributed by atoms with Crippen LogP contribution in [0.1, 0.15) is 0 Å². The molecule has 6 heteroatoms. The molecule has 0 bridgehead atoms. The van der Waals surface area contributed by atoms with Gasteiger partial charge in [-0.05, 0) is 0 Å². The minimum Gasteiger partial charge on any atom is -0.382 e. The number of halogens is 3. The summed E-state index contributed by atoms with van der Waals surface area (Å²) in [6, 6.07) is 0. The summed E-state index contributed by atoms with van der Waals surface area (Å²) in [5.41, 5.74) is 0.